The Bertz CT molecular complexity index is 324. The van der Waals surface area contributed by atoms with Gasteiger partial charge in [-0.2, -0.15) is 0 Å². The van der Waals surface area contributed by atoms with Crippen LogP contribution in [0.4, 0.5) is 4.39 Å². The Kier molecular flexibility index (Phi) is 2.55. The van der Waals surface area contributed by atoms with Crippen molar-refractivity contribution in [3.8, 4) is 0 Å². The van der Waals surface area contributed by atoms with Gasteiger partial charge in [0.1, 0.15) is 5.82 Å². The number of nitrogens with one attached hydrogen (secondary N) is 1. The minimum absolute atomic E-state index is 0.0917. The summed E-state index contributed by atoms with van der Waals surface area (Å²) in [6.07, 6.45) is 1.21. The smallest absolute Gasteiger partial charge is 0.127 e. The van der Waals surface area contributed by atoms with Crippen LogP contribution in [0.25, 0.3) is 0 Å². The van der Waals surface area contributed by atoms with Gasteiger partial charge in [0.25, 0.3) is 0 Å². The summed E-state index contributed by atoms with van der Waals surface area (Å²) >= 11 is 0. The topological polar surface area (TPSA) is 12.0 Å². The van der Waals surface area contributed by atoms with Gasteiger partial charge >= 0.3 is 0 Å². The van der Waals surface area contributed by atoms with Gasteiger partial charge in [-0.05, 0) is 31.4 Å². The van der Waals surface area contributed by atoms with E-state index in [0.29, 0.717) is 5.92 Å². The summed E-state index contributed by atoms with van der Waals surface area (Å²) in [5.74, 6) is 1.25. The second-order valence-electron chi connectivity index (χ2n) is 4.16. The van der Waals surface area contributed by atoms with Crippen LogP contribution < -0.4 is 5.32 Å². The summed E-state index contributed by atoms with van der Waals surface area (Å²) in [4.78, 5) is 0. The molecular formula is C12H16FN. The van der Waals surface area contributed by atoms with Crippen molar-refractivity contribution in [1.29, 1.82) is 0 Å². The molecule has 1 aromatic carbocycles. The Hall–Kier alpha value is -0.890. The first-order chi connectivity index (χ1) is 6.74. The lowest BCUT2D eigenvalue weighted by molar-refractivity contribution is 0.475. The molecule has 0 amide bonds. The zero-order chi connectivity index (χ0) is 10.1. The first kappa shape index (κ1) is 9.66. The van der Waals surface area contributed by atoms with E-state index in [4.69, 9.17) is 0 Å². The van der Waals surface area contributed by atoms with Gasteiger partial charge in [0.15, 0.2) is 0 Å². The molecule has 1 saturated carbocycles. The van der Waals surface area contributed by atoms with Crippen LogP contribution >= 0.6 is 0 Å². The highest BCUT2D eigenvalue weighted by Crippen LogP contribution is 2.47. The largest absolute Gasteiger partial charge is 0.313 e. The third kappa shape index (κ3) is 1.67. The zero-order valence-corrected chi connectivity index (χ0v) is 8.63. The second kappa shape index (κ2) is 3.70. The molecule has 0 saturated heterocycles. The highest BCUT2D eigenvalue weighted by molar-refractivity contribution is 5.23. The SMILES string of the molecule is CNC(c1ccccc1F)C1CC1C. The van der Waals surface area contributed by atoms with Gasteiger partial charge in [-0.25, -0.2) is 4.39 Å². The average molecular weight is 193 g/mol. The molecule has 0 heterocycles. The summed E-state index contributed by atoms with van der Waals surface area (Å²) in [6, 6.07) is 7.23. The van der Waals surface area contributed by atoms with E-state index in [-0.39, 0.29) is 11.9 Å². The molecule has 76 valence electrons. The van der Waals surface area contributed by atoms with Crippen LogP contribution in [0.1, 0.15) is 24.9 Å². The molecule has 1 N–H and O–H groups in total. The summed E-state index contributed by atoms with van der Waals surface area (Å²) in [5, 5.41) is 3.21. The van der Waals surface area contributed by atoms with Gasteiger partial charge in [-0.15, -0.1) is 0 Å². The average Bonchev–Trinajstić information content (AvgIpc) is 2.88. The van der Waals surface area contributed by atoms with E-state index >= 15 is 0 Å². The van der Waals surface area contributed by atoms with Crippen molar-refractivity contribution in [2.24, 2.45) is 11.8 Å². The van der Waals surface area contributed by atoms with Crippen LogP contribution in [0, 0.1) is 17.7 Å². The van der Waals surface area contributed by atoms with Crippen molar-refractivity contribution in [2.45, 2.75) is 19.4 Å². The highest BCUT2D eigenvalue weighted by Gasteiger charge is 2.40. The minimum Gasteiger partial charge on any atom is -0.313 e. The van der Waals surface area contributed by atoms with Crippen molar-refractivity contribution < 1.29 is 4.39 Å². The standard InChI is InChI=1S/C12H16FN/c1-8-7-10(8)12(14-2)9-5-3-4-6-11(9)13/h3-6,8,10,12,14H,7H2,1-2H3. The van der Waals surface area contributed by atoms with E-state index < -0.39 is 0 Å². The van der Waals surface area contributed by atoms with E-state index in [2.05, 4.69) is 12.2 Å². The Morgan fingerprint density at radius 2 is 2.07 bits per heavy atom. The molecule has 1 nitrogen and oxygen atoms in total. The van der Waals surface area contributed by atoms with Crippen molar-refractivity contribution in [3.63, 3.8) is 0 Å². The molecule has 0 aliphatic heterocycles. The molecule has 3 atom stereocenters. The number of rotatable bonds is 3. The molecule has 3 unspecified atom stereocenters. The molecule has 0 bridgehead atoms. The van der Waals surface area contributed by atoms with Crippen LogP contribution in [-0.4, -0.2) is 7.05 Å². The summed E-state index contributed by atoms with van der Waals surface area (Å²) < 4.78 is 13.5. The fourth-order valence-electron chi connectivity index (χ4n) is 2.14. The lowest BCUT2D eigenvalue weighted by Gasteiger charge is -2.16. The first-order valence-corrected chi connectivity index (χ1v) is 5.15. The summed E-state index contributed by atoms with van der Waals surface area (Å²) in [5.41, 5.74) is 0.810. The normalized spacial score (nSPS) is 27.4. The third-order valence-electron chi connectivity index (χ3n) is 3.15. The fourth-order valence-corrected chi connectivity index (χ4v) is 2.14. The van der Waals surface area contributed by atoms with Gasteiger partial charge in [0, 0.05) is 11.6 Å². The first-order valence-electron chi connectivity index (χ1n) is 5.15. The monoisotopic (exact) mass is 193 g/mol. The maximum atomic E-state index is 13.5. The van der Waals surface area contributed by atoms with E-state index in [1.165, 1.54) is 12.5 Å². The van der Waals surface area contributed by atoms with Crippen LogP contribution in [0.3, 0.4) is 0 Å². The van der Waals surface area contributed by atoms with Crippen LogP contribution in [-0.2, 0) is 0 Å². The number of halogens is 1. The third-order valence-corrected chi connectivity index (χ3v) is 3.15. The molecule has 2 rings (SSSR count). The molecule has 0 spiro atoms. The van der Waals surface area contributed by atoms with Crippen molar-refractivity contribution in [3.05, 3.63) is 35.6 Å². The molecule has 1 aliphatic carbocycles. The minimum atomic E-state index is -0.0917. The van der Waals surface area contributed by atoms with Gasteiger partial charge in [0.05, 0.1) is 0 Å². The molecule has 2 heteroatoms. The predicted octanol–water partition coefficient (Wildman–Crippen LogP) is 2.74. The van der Waals surface area contributed by atoms with Crippen molar-refractivity contribution in [2.75, 3.05) is 7.05 Å². The molecule has 1 fully saturated rings. The van der Waals surface area contributed by atoms with Gasteiger partial charge in [0.2, 0.25) is 0 Å². The Morgan fingerprint density at radius 3 is 2.57 bits per heavy atom. The van der Waals surface area contributed by atoms with Gasteiger partial charge in [-0.3, -0.25) is 0 Å². The van der Waals surface area contributed by atoms with Crippen molar-refractivity contribution >= 4 is 0 Å². The van der Waals surface area contributed by atoms with Crippen LogP contribution in [0.15, 0.2) is 24.3 Å². The molecule has 0 aromatic heterocycles. The Morgan fingerprint density at radius 1 is 1.43 bits per heavy atom. The lowest BCUT2D eigenvalue weighted by atomic mass is 10.0. The van der Waals surface area contributed by atoms with E-state index in [1.807, 2.05) is 19.2 Å². The zero-order valence-electron chi connectivity index (χ0n) is 8.63. The van der Waals surface area contributed by atoms with E-state index in [0.717, 1.165) is 11.5 Å². The van der Waals surface area contributed by atoms with Gasteiger partial charge < -0.3 is 5.32 Å². The van der Waals surface area contributed by atoms with Crippen molar-refractivity contribution in [1.82, 2.24) is 5.32 Å². The maximum absolute atomic E-state index is 13.5. The lowest BCUT2D eigenvalue weighted by Crippen LogP contribution is -2.20. The molecule has 14 heavy (non-hydrogen) atoms. The molecular weight excluding hydrogens is 177 g/mol. The van der Waals surface area contributed by atoms with E-state index in [9.17, 15) is 4.39 Å². The second-order valence-corrected chi connectivity index (χ2v) is 4.16. The molecule has 1 aliphatic rings. The molecule has 0 radical (unpaired) electrons. The summed E-state index contributed by atoms with van der Waals surface area (Å²) in [6.45, 7) is 2.22. The molecule has 1 aromatic rings. The quantitative estimate of drug-likeness (QED) is 0.778. The predicted molar refractivity (Wildman–Crippen MR) is 55.5 cm³/mol. The number of benzene rings is 1. The fraction of sp³-hybridized carbons (Fsp3) is 0.500. The summed E-state index contributed by atoms with van der Waals surface area (Å²) in [7, 11) is 1.90. The Labute approximate surface area is 84.3 Å². The van der Waals surface area contributed by atoms with Crippen LogP contribution in [0.5, 0.6) is 0 Å². The maximum Gasteiger partial charge on any atom is 0.127 e. The highest BCUT2D eigenvalue weighted by atomic mass is 19.1. The van der Waals surface area contributed by atoms with Gasteiger partial charge in [-0.1, -0.05) is 25.1 Å². The number of hydrogen-bond acceptors (Lipinski definition) is 1. The van der Waals surface area contributed by atoms with Crippen LogP contribution in [0.2, 0.25) is 0 Å². The van der Waals surface area contributed by atoms with E-state index in [1.54, 1.807) is 6.07 Å². The Balaban J connectivity index is 2.23. The number of hydrogen-bond donors (Lipinski definition) is 1.